The second kappa shape index (κ2) is 4.58. The molecule has 0 radical (unpaired) electrons. The summed E-state index contributed by atoms with van der Waals surface area (Å²) >= 11 is 0. The molecule has 1 amide bonds. The molecule has 1 spiro atoms. The Morgan fingerprint density at radius 1 is 1.35 bits per heavy atom. The number of rotatable bonds is 1. The molecular weight excluding hydrogens is 256 g/mol. The first-order valence-corrected chi connectivity index (χ1v) is 6.69. The predicted octanol–water partition coefficient (Wildman–Crippen LogP) is 1.76. The van der Waals surface area contributed by atoms with Crippen molar-refractivity contribution in [3.63, 3.8) is 0 Å². The highest BCUT2D eigenvalue weighted by molar-refractivity contribution is 6.07. The first kappa shape index (κ1) is 13.1. The van der Waals surface area contributed by atoms with Crippen LogP contribution in [0.4, 0.5) is 5.69 Å². The van der Waals surface area contributed by atoms with E-state index < -0.39 is 5.79 Å². The monoisotopic (exact) mass is 272 g/mol. The molecule has 1 fully saturated rings. The van der Waals surface area contributed by atoms with Crippen molar-refractivity contribution in [3.05, 3.63) is 28.8 Å². The predicted molar refractivity (Wildman–Crippen MR) is 72.1 cm³/mol. The summed E-state index contributed by atoms with van der Waals surface area (Å²) in [6.07, 6.45) is 0.771. The lowest BCUT2D eigenvalue weighted by atomic mass is 10.00. The van der Waals surface area contributed by atoms with Crippen LogP contribution >= 0.6 is 0 Å². The van der Waals surface area contributed by atoms with Crippen molar-refractivity contribution in [1.82, 2.24) is 0 Å². The third-order valence-electron chi connectivity index (χ3n) is 3.72. The number of hydrogen-bond acceptors (Lipinski definition) is 4. The molecule has 2 heterocycles. The van der Waals surface area contributed by atoms with Crippen LogP contribution in [0.3, 0.4) is 0 Å². The molecule has 5 nitrogen and oxygen atoms in total. The normalized spacial score (nSPS) is 20.1. The molecule has 0 saturated carbocycles. The van der Waals surface area contributed by atoms with E-state index in [1.807, 2.05) is 32.0 Å². The van der Waals surface area contributed by atoms with Gasteiger partial charge in [0.15, 0.2) is 0 Å². The number of nitrogens with zero attached hydrogens (tertiary/aromatic N) is 2. The van der Waals surface area contributed by atoms with E-state index in [0.29, 0.717) is 13.2 Å². The topological polar surface area (TPSA) is 62.6 Å². The third kappa shape index (κ3) is 1.65. The van der Waals surface area contributed by atoms with Crippen molar-refractivity contribution in [1.29, 1.82) is 5.26 Å². The second-order valence-electron chi connectivity index (χ2n) is 5.19. The summed E-state index contributed by atoms with van der Waals surface area (Å²) in [5.74, 6) is -1.64. The summed E-state index contributed by atoms with van der Waals surface area (Å²) in [6, 6.07) is 5.96. The Bertz CT molecular complexity index is 612. The molecule has 5 heteroatoms. The molecular formula is C15H16N2O3. The van der Waals surface area contributed by atoms with Crippen molar-refractivity contribution in [2.45, 2.75) is 26.1 Å². The van der Waals surface area contributed by atoms with Crippen molar-refractivity contribution < 1.29 is 14.3 Å². The number of ether oxygens (including phenoxy) is 2. The van der Waals surface area contributed by atoms with Crippen molar-refractivity contribution in [2.24, 2.45) is 0 Å². The Morgan fingerprint density at radius 2 is 2.05 bits per heavy atom. The van der Waals surface area contributed by atoms with Crippen molar-refractivity contribution in [3.8, 4) is 6.07 Å². The fourth-order valence-electron chi connectivity index (χ4n) is 3.00. The van der Waals surface area contributed by atoms with Gasteiger partial charge >= 0.3 is 0 Å². The smallest absolute Gasteiger partial charge is 0.293 e. The van der Waals surface area contributed by atoms with Crippen molar-refractivity contribution in [2.75, 3.05) is 24.7 Å². The molecule has 0 unspecified atom stereocenters. The summed E-state index contributed by atoms with van der Waals surface area (Å²) < 4.78 is 11.5. The number of aryl methyl sites for hydroxylation is 2. The van der Waals surface area contributed by atoms with Crippen LogP contribution in [0, 0.1) is 25.2 Å². The van der Waals surface area contributed by atoms with Gasteiger partial charge in [0.25, 0.3) is 11.7 Å². The molecule has 3 rings (SSSR count). The molecule has 2 aliphatic rings. The molecule has 20 heavy (non-hydrogen) atoms. The van der Waals surface area contributed by atoms with Gasteiger partial charge in [0.1, 0.15) is 6.54 Å². The lowest BCUT2D eigenvalue weighted by molar-refractivity contribution is -0.256. The van der Waals surface area contributed by atoms with Gasteiger partial charge < -0.3 is 9.47 Å². The van der Waals surface area contributed by atoms with Crippen LogP contribution in [0.25, 0.3) is 0 Å². The fourth-order valence-corrected chi connectivity index (χ4v) is 3.00. The van der Waals surface area contributed by atoms with E-state index in [4.69, 9.17) is 14.7 Å². The summed E-state index contributed by atoms with van der Waals surface area (Å²) in [7, 11) is 0. The lowest BCUT2D eigenvalue weighted by Crippen LogP contribution is -2.47. The molecule has 1 saturated heterocycles. The molecule has 2 aliphatic heterocycles. The van der Waals surface area contributed by atoms with Crippen LogP contribution in [0.1, 0.15) is 23.1 Å². The number of nitriles is 1. The molecule has 104 valence electrons. The van der Waals surface area contributed by atoms with Gasteiger partial charge in [0.2, 0.25) is 0 Å². The largest absolute Gasteiger partial charge is 0.338 e. The van der Waals surface area contributed by atoms with E-state index in [1.165, 1.54) is 4.90 Å². The second-order valence-corrected chi connectivity index (χ2v) is 5.19. The summed E-state index contributed by atoms with van der Waals surface area (Å²) in [5, 5.41) is 8.98. The summed E-state index contributed by atoms with van der Waals surface area (Å²) in [5.41, 5.74) is 3.49. The van der Waals surface area contributed by atoms with Crippen LogP contribution in [0.2, 0.25) is 0 Å². The Labute approximate surface area is 117 Å². The zero-order valence-electron chi connectivity index (χ0n) is 11.6. The maximum atomic E-state index is 12.7. The van der Waals surface area contributed by atoms with Gasteiger partial charge in [0.05, 0.1) is 25.0 Å². The lowest BCUT2D eigenvalue weighted by Gasteiger charge is -2.32. The molecule has 1 aromatic carbocycles. The van der Waals surface area contributed by atoms with Crippen LogP contribution in [-0.2, 0) is 20.1 Å². The number of carbonyl (C=O) groups excluding carboxylic acids is 1. The number of carbonyl (C=O) groups is 1. The number of fused-ring (bicyclic) bond motifs is 2. The van der Waals surface area contributed by atoms with E-state index in [1.54, 1.807) is 0 Å². The average Bonchev–Trinajstić information content (AvgIpc) is 2.64. The molecule has 0 N–H and O–H groups in total. The maximum absolute atomic E-state index is 12.7. The Hall–Kier alpha value is -1.90. The van der Waals surface area contributed by atoms with E-state index in [-0.39, 0.29) is 12.5 Å². The van der Waals surface area contributed by atoms with Crippen LogP contribution in [-0.4, -0.2) is 25.7 Å². The van der Waals surface area contributed by atoms with E-state index in [0.717, 1.165) is 28.8 Å². The molecule has 0 aromatic heterocycles. The minimum absolute atomic E-state index is 0.00417. The number of hydrogen-bond donors (Lipinski definition) is 0. The molecule has 1 aromatic rings. The zero-order chi connectivity index (χ0) is 14.3. The Balaban J connectivity index is 2.21. The quantitative estimate of drug-likeness (QED) is 0.731. The Morgan fingerprint density at radius 3 is 2.70 bits per heavy atom. The number of benzene rings is 1. The Kier molecular flexibility index (Phi) is 3.00. The fraction of sp³-hybridized carbons (Fsp3) is 0.467. The third-order valence-corrected chi connectivity index (χ3v) is 3.72. The van der Waals surface area contributed by atoms with Crippen LogP contribution in [0.5, 0.6) is 0 Å². The maximum Gasteiger partial charge on any atom is 0.293 e. The minimum Gasteiger partial charge on any atom is -0.338 e. The van der Waals surface area contributed by atoms with E-state index in [9.17, 15) is 4.79 Å². The van der Waals surface area contributed by atoms with Crippen molar-refractivity contribution >= 4 is 11.6 Å². The van der Waals surface area contributed by atoms with E-state index in [2.05, 4.69) is 0 Å². The van der Waals surface area contributed by atoms with Crippen LogP contribution < -0.4 is 4.90 Å². The highest BCUT2D eigenvalue weighted by Crippen LogP contribution is 2.46. The van der Waals surface area contributed by atoms with Gasteiger partial charge in [0, 0.05) is 5.56 Å². The van der Waals surface area contributed by atoms with Gasteiger partial charge in [-0.05, 0) is 31.9 Å². The SMILES string of the molecule is Cc1cc(C)c2c(c1)C1(OCCCO1)C(=O)N2CC#N. The van der Waals surface area contributed by atoms with Gasteiger partial charge in [-0.3, -0.25) is 9.69 Å². The minimum atomic E-state index is -1.35. The standard InChI is InChI=1S/C15H16N2O3/c1-10-8-11(2)13-12(9-10)15(19-6-3-7-20-15)14(18)17(13)5-4-16/h8-9H,3,5-7H2,1-2H3. The zero-order valence-corrected chi connectivity index (χ0v) is 11.6. The highest BCUT2D eigenvalue weighted by atomic mass is 16.7. The first-order valence-electron chi connectivity index (χ1n) is 6.69. The van der Waals surface area contributed by atoms with Gasteiger partial charge in [-0.2, -0.15) is 5.26 Å². The highest BCUT2D eigenvalue weighted by Gasteiger charge is 2.55. The molecule has 0 atom stereocenters. The van der Waals surface area contributed by atoms with Gasteiger partial charge in [-0.25, -0.2) is 0 Å². The molecule has 0 bridgehead atoms. The first-order chi connectivity index (χ1) is 9.60. The number of anilines is 1. The van der Waals surface area contributed by atoms with Gasteiger partial charge in [-0.1, -0.05) is 11.6 Å². The number of amides is 1. The van der Waals surface area contributed by atoms with Gasteiger partial charge in [-0.15, -0.1) is 0 Å². The molecule has 0 aliphatic carbocycles. The van der Waals surface area contributed by atoms with E-state index >= 15 is 0 Å². The average molecular weight is 272 g/mol. The summed E-state index contributed by atoms with van der Waals surface area (Å²) in [4.78, 5) is 14.2. The summed E-state index contributed by atoms with van der Waals surface area (Å²) in [6.45, 7) is 4.88. The van der Waals surface area contributed by atoms with Crippen LogP contribution in [0.15, 0.2) is 12.1 Å².